The van der Waals surface area contributed by atoms with Gasteiger partial charge in [-0.2, -0.15) is 0 Å². The summed E-state index contributed by atoms with van der Waals surface area (Å²) in [5, 5.41) is 21.1. The summed E-state index contributed by atoms with van der Waals surface area (Å²) >= 11 is 0. The summed E-state index contributed by atoms with van der Waals surface area (Å²) in [5.74, 6) is 0.0948. The standard InChI is InChI=1S/C18H24N2O5/c1-2-3-4-5-6-7-10-25-17-15(12-21)14-9-8-13(20(23)24)11-16(14)19-18(17)22/h8-9,11,21H,2-7,10,12H2,1H3,(H,19,22). The Kier molecular flexibility index (Phi) is 6.94. The van der Waals surface area contributed by atoms with Gasteiger partial charge in [0.25, 0.3) is 11.2 Å². The number of H-pyrrole nitrogens is 1. The Morgan fingerprint density at radius 1 is 1.20 bits per heavy atom. The van der Waals surface area contributed by atoms with Crippen molar-refractivity contribution in [2.75, 3.05) is 6.61 Å². The fourth-order valence-electron chi connectivity index (χ4n) is 2.82. The second-order valence-electron chi connectivity index (χ2n) is 6.02. The van der Waals surface area contributed by atoms with Crippen LogP contribution in [0.4, 0.5) is 5.69 Å². The molecule has 25 heavy (non-hydrogen) atoms. The van der Waals surface area contributed by atoms with Gasteiger partial charge < -0.3 is 14.8 Å². The fraction of sp³-hybridized carbons (Fsp3) is 0.500. The predicted octanol–water partition coefficient (Wildman–Crippen LogP) is 3.67. The number of hydrogen-bond donors (Lipinski definition) is 2. The summed E-state index contributed by atoms with van der Waals surface area (Å²) < 4.78 is 5.61. The lowest BCUT2D eigenvalue weighted by Crippen LogP contribution is -2.15. The van der Waals surface area contributed by atoms with E-state index in [0.717, 1.165) is 19.3 Å². The van der Waals surface area contributed by atoms with Gasteiger partial charge in [-0.05, 0) is 12.5 Å². The number of nitrogens with one attached hydrogen (secondary N) is 1. The van der Waals surface area contributed by atoms with Crippen LogP contribution in [0.25, 0.3) is 10.9 Å². The van der Waals surface area contributed by atoms with Crippen LogP contribution in [-0.4, -0.2) is 21.6 Å². The second-order valence-corrected chi connectivity index (χ2v) is 6.02. The van der Waals surface area contributed by atoms with Gasteiger partial charge in [0.2, 0.25) is 0 Å². The number of pyridine rings is 1. The Morgan fingerprint density at radius 3 is 2.60 bits per heavy atom. The average Bonchev–Trinajstić information content (AvgIpc) is 2.60. The molecule has 1 aromatic carbocycles. The lowest BCUT2D eigenvalue weighted by Gasteiger charge is -2.12. The quantitative estimate of drug-likeness (QED) is 0.387. The minimum Gasteiger partial charge on any atom is -0.488 e. The minimum atomic E-state index is -0.528. The highest BCUT2D eigenvalue weighted by Crippen LogP contribution is 2.26. The summed E-state index contributed by atoms with van der Waals surface area (Å²) in [6.45, 7) is 2.20. The maximum Gasteiger partial charge on any atom is 0.291 e. The van der Waals surface area contributed by atoms with E-state index in [0.29, 0.717) is 23.1 Å². The van der Waals surface area contributed by atoms with E-state index in [2.05, 4.69) is 11.9 Å². The van der Waals surface area contributed by atoms with Crippen molar-refractivity contribution >= 4 is 16.6 Å². The Morgan fingerprint density at radius 2 is 1.92 bits per heavy atom. The highest BCUT2D eigenvalue weighted by atomic mass is 16.6. The van der Waals surface area contributed by atoms with Crippen molar-refractivity contribution in [1.82, 2.24) is 4.98 Å². The van der Waals surface area contributed by atoms with Crippen molar-refractivity contribution in [2.45, 2.75) is 52.1 Å². The molecule has 2 rings (SSSR count). The Hall–Kier alpha value is -2.41. The van der Waals surface area contributed by atoms with E-state index in [1.54, 1.807) is 0 Å². The van der Waals surface area contributed by atoms with Gasteiger partial charge in [0.15, 0.2) is 5.75 Å². The van der Waals surface area contributed by atoms with Gasteiger partial charge in [-0.15, -0.1) is 0 Å². The van der Waals surface area contributed by atoms with Crippen molar-refractivity contribution < 1.29 is 14.8 Å². The molecule has 0 unspecified atom stereocenters. The van der Waals surface area contributed by atoms with Crippen molar-refractivity contribution in [3.05, 3.63) is 44.2 Å². The number of hydrogen-bond acceptors (Lipinski definition) is 5. The number of nitro groups is 1. The van der Waals surface area contributed by atoms with Crippen molar-refractivity contribution in [1.29, 1.82) is 0 Å². The summed E-state index contributed by atoms with van der Waals surface area (Å²) in [7, 11) is 0. The van der Waals surface area contributed by atoms with Gasteiger partial charge in [-0.3, -0.25) is 14.9 Å². The number of non-ortho nitro benzene ring substituents is 1. The average molecular weight is 348 g/mol. The predicted molar refractivity (Wildman–Crippen MR) is 96.0 cm³/mol. The number of nitro benzene ring substituents is 1. The van der Waals surface area contributed by atoms with E-state index in [4.69, 9.17) is 4.74 Å². The van der Waals surface area contributed by atoms with Gasteiger partial charge in [0, 0.05) is 23.1 Å². The van der Waals surface area contributed by atoms with Crippen LogP contribution in [0.1, 0.15) is 51.0 Å². The number of aliphatic hydroxyl groups excluding tert-OH is 1. The molecule has 0 fully saturated rings. The van der Waals surface area contributed by atoms with Crippen LogP contribution >= 0.6 is 0 Å². The summed E-state index contributed by atoms with van der Waals surface area (Å²) in [5.41, 5.74) is 0.0746. The number of unbranched alkanes of at least 4 members (excludes halogenated alkanes) is 5. The number of aliphatic hydroxyl groups is 1. The van der Waals surface area contributed by atoms with E-state index >= 15 is 0 Å². The normalized spacial score (nSPS) is 11.0. The molecule has 0 bridgehead atoms. The molecule has 1 aromatic heterocycles. The monoisotopic (exact) mass is 348 g/mol. The number of nitrogens with zero attached hydrogens (tertiary/aromatic N) is 1. The smallest absolute Gasteiger partial charge is 0.291 e. The molecule has 0 saturated carbocycles. The topological polar surface area (TPSA) is 105 Å². The molecule has 7 heteroatoms. The first-order valence-electron chi connectivity index (χ1n) is 8.65. The third kappa shape index (κ3) is 4.79. The Bertz CT molecular complexity index is 785. The lowest BCUT2D eigenvalue weighted by molar-refractivity contribution is -0.384. The van der Waals surface area contributed by atoms with E-state index in [9.17, 15) is 20.0 Å². The number of ether oxygens (including phenoxy) is 1. The first-order valence-corrected chi connectivity index (χ1v) is 8.65. The molecule has 7 nitrogen and oxygen atoms in total. The summed E-state index contributed by atoms with van der Waals surface area (Å²) in [6.07, 6.45) is 6.64. The molecule has 0 aliphatic rings. The lowest BCUT2D eigenvalue weighted by atomic mass is 10.1. The molecular formula is C18H24N2O5. The number of rotatable bonds is 10. The van der Waals surface area contributed by atoms with Crippen LogP contribution in [0.5, 0.6) is 5.75 Å². The molecule has 2 N–H and O–H groups in total. The molecule has 0 saturated heterocycles. The third-order valence-corrected chi connectivity index (χ3v) is 4.17. The molecule has 0 amide bonds. The molecule has 2 aromatic rings. The van der Waals surface area contributed by atoms with Crippen LogP contribution in [-0.2, 0) is 6.61 Å². The van der Waals surface area contributed by atoms with Gasteiger partial charge in [-0.1, -0.05) is 39.0 Å². The number of aromatic nitrogens is 1. The zero-order valence-corrected chi connectivity index (χ0v) is 14.4. The van der Waals surface area contributed by atoms with Crippen LogP contribution in [0.15, 0.2) is 23.0 Å². The van der Waals surface area contributed by atoms with Crippen molar-refractivity contribution in [2.24, 2.45) is 0 Å². The van der Waals surface area contributed by atoms with Gasteiger partial charge in [-0.25, -0.2) is 0 Å². The maximum absolute atomic E-state index is 12.2. The largest absolute Gasteiger partial charge is 0.488 e. The van der Waals surface area contributed by atoms with Crippen LogP contribution in [0.2, 0.25) is 0 Å². The molecule has 1 heterocycles. The molecule has 0 spiro atoms. The van der Waals surface area contributed by atoms with E-state index in [1.807, 2.05) is 0 Å². The molecule has 0 aliphatic carbocycles. The highest BCUT2D eigenvalue weighted by molar-refractivity contribution is 5.85. The second kappa shape index (κ2) is 9.17. The zero-order valence-electron chi connectivity index (χ0n) is 14.4. The van der Waals surface area contributed by atoms with Gasteiger partial charge in [0.1, 0.15) is 0 Å². The van der Waals surface area contributed by atoms with E-state index in [1.165, 1.54) is 37.5 Å². The minimum absolute atomic E-state index is 0.0948. The summed E-state index contributed by atoms with van der Waals surface area (Å²) in [6, 6.07) is 4.15. The van der Waals surface area contributed by atoms with Gasteiger partial charge in [0.05, 0.1) is 23.7 Å². The Labute approximate surface area is 145 Å². The first kappa shape index (κ1) is 18.9. The molecule has 0 radical (unpaired) electrons. The molecule has 0 atom stereocenters. The fourth-order valence-corrected chi connectivity index (χ4v) is 2.82. The molecule has 136 valence electrons. The zero-order chi connectivity index (χ0) is 18.2. The molecule has 0 aliphatic heterocycles. The maximum atomic E-state index is 12.2. The SMILES string of the molecule is CCCCCCCCOc1c(CO)c2ccc([N+](=O)[O-])cc2[nH]c1=O. The summed E-state index contributed by atoms with van der Waals surface area (Å²) in [4.78, 5) is 25.2. The number of fused-ring (bicyclic) bond motifs is 1. The van der Waals surface area contributed by atoms with E-state index in [-0.39, 0.29) is 18.0 Å². The van der Waals surface area contributed by atoms with Crippen LogP contribution in [0, 0.1) is 10.1 Å². The highest BCUT2D eigenvalue weighted by Gasteiger charge is 2.16. The van der Waals surface area contributed by atoms with Gasteiger partial charge >= 0.3 is 0 Å². The number of benzene rings is 1. The van der Waals surface area contributed by atoms with Crippen LogP contribution < -0.4 is 10.3 Å². The van der Waals surface area contributed by atoms with E-state index < -0.39 is 10.5 Å². The number of aromatic amines is 1. The van der Waals surface area contributed by atoms with Crippen LogP contribution in [0.3, 0.4) is 0 Å². The van der Waals surface area contributed by atoms with Crippen molar-refractivity contribution in [3.63, 3.8) is 0 Å². The Balaban J connectivity index is 2.14. The third-order valence-electron chi connectivity index (χ3n) is 4.17. The van der Waals surface area contributed by atoms with Crippen molar-refractivity contribution in [3.8, 4) is 5.75 Å². The first-order chi connectivity index (χ1) is 12.1. The molecular weight excluding hydrogens is 324 g/mol.